The second-order valence-electron chi connectivity index (χ2n) is 8.60. The highest BCUT2D eigenvalue weighted by Crippen LogP contribution is 2.27. The monoisotopic (exact) mass is 468 g/mol. The van der Waals surface area contributed by atoms with Gasteiger partial charge in [-0.05, 0) is 38.3 Å². The zero-order valence-electron chi connectivity index (χ0n) is 19.4. The third-order valence-corrected chi connectivity index (χ3v) is 7.04. The van der Waals surface area contributed by atoms with Crippen LogP contribution in [0.3, 0.4) is 0 Å². The Kier molecular flexibility index (Phi) is 7.72. The van der Waals surface area contributed by atoms with E-state index in [0.29, 0.717) is 23.7 Å². The van der Waals surface area contributed by atoms with E-state index in [1.165, 1.54) is 27.5 Å². The van der Waals surface area contributed by atoms with Crippen LogP contribution in [0.5, 0.6) is 0 Å². The molecule has 0 spiro atoms. The number of nitrogens with one attached hydrogen (secondary N) is 1. The second-order valence-corrected chi connectivity index (χ2v) is 9.53. The van der Waals surface area contributed by atoms with E-state index in [2.05, 4.69) is 56.4 Å². The number of hydrogen-bond acceptors (Lipinski definition) is 7. The van der Waals surface area contributed by atoms with Crippen LogP contribution in [0.2, 0.25) is 0 Å². The molecule has 1 N–H and O–H groups in total. The molecule has 1 aliphatic rings. The van der Waals surface area contributed by atoms with Crippen molar-refractivity contribution in [2.75, 3.05) is 37.6 Å². The highest BCUT2D eigenvalue weighted by atomic mass is 32.1. The lowest BCUT2D eigenvalue weighted by molar-refractivity contribution is -0.125. The van der Waals surface area contributed by atoms with Gasteiger partial charge in [0.25, 0.3) is 5.56 Å². The lowest BCUT2D eigenvalue weighted by Crippen LogP contribution is -2.43. The number of anilines is 1. The quantitative estimate of drug-likeness (QED) is 0.486. The highest BCUT2D eigenvalue weighted by molar-refractivity contribution is 7.20. The van der Waals surface area contributed by atoms with Crippen LogP contribution in [0, 0.1) is 12.8 Å². The molecule has 0 bridgehead atoms. The molecule has 1 fully saturated rings. The summed E-state index contributed by atoms with van der Waals surface area (Å²) >= 11 is 1.40. The molecule has 33 heavy (non-hydrogen) atoms. The van der Waals surface area contributed by atoms with Crippen LogP contribution in [0.15, 0.2) is 41.2 Å². The van der Waals surface area contributed by atoms with Crippen molar-refractivity contribution in [3.05, 3.63) is 58.0 Å². The summed E-state index contributed by atoms with van der Waals surface area (Å²) in [7, 11) is 0. The summed E-state index contributed by atoms with van der Waals surface area (Å²) in [5.41, 5.74) is 1.84. The fourth-order valence-electron chi connectivity index (χ4n) is 4.25. The minimum Gasteiger partial charge on any atom is -0.356 e. The number of carbonyl (C=O) groups excluding carboxylic acids is 1. The van der Waals surface area contributed by atoms with Gasteiger partial charge in [-0.25, -0.2) is 4.98 Å². The number of carbonyl (C=O) groups is 1. The standard InChI is InChI=1S/C24H32N6O2S/c1-3-28(16-19-9-5-4-6-10-19)13-8-12-25-22(32)20-11-7-14-29(17-20)24-27-30-21(31)15-18(2)26-23(30)33-24/h4-6,9-10,15,20H,3,7-8,11-14,16-17H2,1-2H3,(H,25,32)/t20-/m0/s1. The van der Waals surface area contributed by atoms with Gasteiger partial charge in [0.1, 0.15) is 0 Å². The van der Waals surface area contributed by atoms with E-state index in [0.717, 1.165) is 50.6 Å². The molecule has 1 aromatic carbocycles. The third-order valence-electron chi connectivity index (χ3n) is 6.07. The Labute approximate surface area is 198 Å². The summed E-state index contributed by atoms with van der Waals surface area (Å²) in [4.78, 5) is 34.5. The van der Waals surface area contributed by atoms with E-state index in [1.54, 1.807) is 0 Å². The first-order valence-electron chi connectivity index (χ1n) is 11.7. The first kappa shape index (κ1) is 23.4. The number of amides is 1. The largest absolute Gasteiger partial charge is 0.356 e. The summed E-state index contributed by atoms with van der Waals surface area (Å²) in [5.74, 6) is 0.0434. The minimum absolute atomic E-state index is 0.0659. The number of fused-ring (bicyclic) bond motifs is 1. The Balaban J connectivity index is 1.26. The number of aryl methyl sites for hydroxylation is 1. The number of piperidine rings is 1. The molecule has 0 aliphatic carbocycles. The summed E-state index contributed by atoms with van der Waals surface area (Å²) in [6.45, 7) is 8.99. The molecule has 8 nitrogen and oxygen atoms in total. The van der Waals surface area contributed by atoms with Crippen molar-refractivity contribution < 1.29 is 4.79 Å². The molecular weight excluding hydrogens is 436 g/mol. The van der Waals surface area contributed by atoms with Gasteiger partial charge in [0.15, 0.2) is 0 Å². The van der Waals surface area contributed by atoms with Crippen LogP contribution in [0.1, 0.15) is 37.4 Å². The zero-order chi connectivity index (χ0) is 23.2. The first-order chi connectivity index (χ1) is 16.0. The van der Waals surface area contributed by atoms with E-state index in [1.807, 2.05) is 13.0 Å². The van der Waals surface area contributed by atoms with Crippen molar-refractivity contribution in [1.82, 2.24) is 24.8 Å². The molecule has 0 unspecified atom stereocenters. The van der Waals surface area contributed by atoms with Gasteiger partial charge in [-0.3, -0.25) is 14.5 Å². The van der Waals surface area contributed by atoms with Crippen LogP contribution in [0.25, 0.3) is 4.96 Å². The molecule has 2 aromatic heterocycles. The zero-order valence-corrected chi connectivity index (χ0v) is 20.2. The molecular formula is C24H32N6O2S. The molecule has 1 aliphatic heterocycles. The summed E-state index contributed by atoms with van der Waals surface area (Å²) in [6.07, 6.45) is 2.73. The number of hydrogen-bond donors (Lipinski definition) is 1. The molecule has 0 saturated carbocycles. The van der Waals surface area contributed by atoms with Gasteiger partial charge in [-0.2, -0.15) is 4.52 Å². The SMILES string of the molecule is CCN(CCCNC(=O)[C@H]1CCCN(c2nn3c(=O)cc(C)nc3s2)C1)Cc1ccccc1. The van der Waals surface area contributed by atoms with Crippen molar-refractivity contribution in [2.45, 2.75) is 39.7 Å². The maximum absolute atomic E-state index is 12.8. The molecule has 1 amide bonds. The van der Waals surface area contributed by atoms with Gasteiger partial charge in [0, 0.05) is 44.5 Å². The average molecular weight is 469 g/mol. The first-order valence-corrected chi connectivity index (χ1v) is 12.5. The molecule has 3 aromatic rings. The molecule has 1 saturated heterocycles. The van der Waals surface area contributed by atoms with E-state index in [9.17, 15) is 9.59 Å². The van der Waals surface area contributed by atoms with Gasteiger partial charge in [0.05, 0.1) is 5.92 Å². The molecule has 4 rings (SSSR count). The number of nitrogens with zero attached hydrogens (tertiary/aromatic N) is 5. The average Bonchev–Trinajstić information content (AvgIpc) is 3.26. The predicted molar refractivity (Wildman–Crippen MR) is 132 cm³/mol. The maximum Gasteiger partial charge on any atom is 0.275 e. The summed E-state index contributed by atoms with van der Waals surface area (Å²) in [5, 5.41) is 8.34. The lowest BCUT2D eigenvalue weighted by atomic mass is 9.97. The molecule has 0 radical (unpaired) electrons. The molecule has 1 atom stereocenters. The summed E-state index contributed by atoms with van der Waals surface area (Å²) < 4.78 is 1.35. The van der Waals surface area contributed by atoms with Crippen molar-refractivity contribution in [2.24, 2.45) is 5.92 Å². The fraction of sp³-hybridized carbons (Fsp3) is 0.500. The van der Waals surface area contributed by atoms with Crippen molar-refractivity contribution in [3.8, 4) is 0 Å². The van der Waals surface area contributed by atoms with Gasteiger partial charge in [-0.1, -0.05) is 48.6 Å². The fourth-order valence-corrected chi connectivity index (χ4v) is 5.24. The van der Waals surface area contributed by atoms with Crippen molar-refractivity contribution in [1.29, 1.82) is 0 Å². The predicted octanol–water partition coefficient (Wildman–Crippen LogP) is 2.70. The molecule has 176 valence electrons. The van der Waals surface area contributed by atoms with E-state index in [-0.39, 0.29) is 17.4 Å². The van der Waals surface area contributed by atoms with Gasteiger partial charge >= 0.3 is 0 Å². The van der Waals surface area contributed by atoms with E-state index >= 15 is 0 Å². The Morgan fingerprint density at radius 3 is 2.91 bits per heavy atom. The Hall–Kier alpha value is -2.78. The molecule has 9 heteroatoms. The van der Waals surface area contributed by atoms with Crippen molar-refractivity contribution in [3.63, 3.8) is 0 Å². The van der Waals surface area contributed by atoms with Gasteiger partial charge in [-0.15, -0.1) is 5.10 Å². The normalized spacial score (nSPS) is 16.5. The lowest BCUT2D eigenvalue weighted by Gasteiger charge is -2.31. The second kappa shape index (κ2) is 10.9. The summed E-state index contributed by atoms with van der Waals surface area (Å²) in [6, 6.07) is 12.0. The maximum atomic E-state index is 12.8. The minimum atomic E-state index is -0.167. The van der Waals surface area contributed by atoms with Gasteiger partial charge < -0.3 is 10.2 Å². The Bertz CT molecular complexity index is 1130. The van der Waals surface area contributed by atoms with Crippen LogP contribution < -0.4 is 15.8 Å². The topological polar surface area (TPSA) is 82.8 Å². The van der Waals surface area contributed by atoms with Crippen LogP contribution in [-0.2, 0) is 11.3 Å². The number of benzene rings is 1. The van der Waals surface area contributed by atoms with E-state index in [4.69, 9.17) is 0 Å². The van der Waals surface area contributed by atoms with Crippen LogP contribution >= 0.6 is 11.3 Å². The molecule has 3 heterocycles. The van der Waals surface area contributed by atoms with Crippen LogP contribution in [0.4, 0.5) is 5.13 Å². The van der Waals surface area contributed by atoms with Crippen molar-refractivity contribution >= 4 is 27.3 Å². The Morgan fingerprint density at radius 1 is 1.30 bits per heavy atom. The van der Waals surface area contributed by atoms with E-state index < -0.39 is 0 Å². The number of aromatic nitrogens is 3. The smallest absolute Gasteiger partial charge is 0.275 e. The number of rotatable bonds is 9. The third kappa shape index (κ3) is 5.97. The van der Waals surface area contributed by atoms with Crippen LogP contribution in [-0.4, -0.2) is 58.1 Å². The van der Waals surface area contributed by atoms with Gasteiger partial charge in [0.2, 0.25) is 16.0 Å². The Morgan fingerprint density at radius 2 is 2.12 bits per heavy atom. The highest BCUT2D eigenvalue weighted by Gasteiger charge is 2.27.